The summed E-state index contributed by atoms with van der Waals surface area (Å²) in [5, 5.41) is 5.05. The van der Waals surface area contributed by atoms with E-state index in [1.54, 1.807) is 24.4 Å². The molecule has 0 fully saturated rings. The van der Waals surface area contributed by atoms with Crippen molar-refractivity contribution in [2.24, 2.45) is 5.14 Å². The fraction of sp³-hybridized carbons (Fsp3) is 0.0833. The van der Waals surface area contributed by atoms with E-state index < -0.39 is 10.0 Å². The highest BCUT2D eigenvalue weighted by Crippen LogP contribution is 2.13. The molecule has 0 aliphatic heterocycles. The van der Waals surface area contributed by atoms with Crippen LogP contribution in [0.5, 0.6) is 0 Å². The molecule has 0 amide bonds. The highest BCUT2D eigenvalue weighted by atomic mass is 32.2. The first-order valence-corrected chi connectivity index (χ1v) is 6.73. The molecule has 0 atom stereocenters. The number of nitrogen functional groups attached to an aromatic ring is 1. The largest absolute Gasteiger partial charge is 0.384 e. The number of hydrogen-bond acceptors (Lipinski definition) is 4. The highest BCUT2D eigenvalue weighted by molar-refractivity contribution is 7.89. The molecule has 6 heteroatoms. The Balaban J connectivity index is 2.27. The Morgan fingerprint density at radius 3 is 2.61 bits per heavy atom. The van der Waals surface area contributed by atoms with Crippen LogP contribution >= 0.6 is 0 Å². The lowest BCUT2D eigenvalue weighted by Crippen LogP contribution is -2.12. The van der Waals surface area contributed by atoms with E-state index in [1.165, 1.54) is 6.07 Å². The lowest BCUT2D eigenvalue weighted by molar-refractivity contribution is 0.597. The maximum atomic E-state index is 11.2. The number of anilines is 1. The fourth-order valence-corrected chi connectivity index (χ4v) is 2.09. The summed E-state index contributed by atoms with van der Waals surface area (Å²) in [6.07, 6.45) is 2.22. The van der Waals surface area contributed by atoms with Crippen molar-refractivity contribution < 1.29 is 8.42 Å². The van der Waals surface area contributed by atoms with Gasteiger partial charge in [-0.15, -0.1) is 0 Å². The molecule has 1 aromatic heterocycles. The molecule has 0 aliphatic rings. The van der Waals surface area contributed by atoms with Gasteiger partial charge in [0.1, 0.15) is 5.82 Å². The standard InChI is InChI=1S/C12H12N3O2S/c13-12-5-4-10(8-15-12)6-9-2-1-3-11(7-9)18(14,16)17/h1-2,4-5,7-8H,6H2,(H2,13,15)(H2,14,16,17). The van der Waals surface area contributed by atoms with E-state index in [9.17, 15) is 8.42 Å². The third kappa shape index (κ3) is 3.06. The molecule has 1 aromatic carbocycles. The molecule has 1 heterocycles. The number of sulfonamides is 1. The third-order valence-corrected chi connectivity index (χ3v) is 3.25. The summed E-state index contributed by atoms with van der Waals surface area (Å²) in [7, 11) is -3.72. The second kappa shape index (κ2) is 4.75. The van der Waals surface area contributed by atoms with Crippen LogP contribution in [-0.2, 0) is 16.4 Å². The van der Waals surface area contributed by atoms with E-state index >= 15 is 0 Å². The number of primary sulfonamides is 1. The van der Waals surface area contributed by atoms with Gasteiger partial charge in [-0.3, -0.25) is 0 Å². The van der Waals surface area contributed by atoms with Crippen molar-refractivity contribution in [2.75, 3.05) is 5.73 Å². The molecule has 2 aromatic rings. The van der Waals surface area contributed by atoms with Crippen molar-refractivity contribution in [3.63, 3.8) is 0 Å². The Hall–Kier alpha value is -1.92. The van der Waals surface area contributed by atoms with Gasteiger partial charge in [-0.05, 0) is 29.7 Å². The molecule has 2 rings (SSSR count). The van der Waals surface area contributed by atoms with E-state index in [0.29, 0.717) is 12.2 Å². The Morgan fingerprint density at radius 1 is 1.22 bits per heavy atom. The van der Waals surface area contributed by atoms with Crippen LogP contribution in [0.3, 0.4) is 0 Å². The van der Waals surface area contributed by atoms with Gasteiger partial charge in [-0.2, -0.15) is 0 Å². The zero-order valence-corrected chi connectivity index (χ0v) is 10.3. The van der Waals surface area contributed by atoms with Crippen LogP contribution in [0.25, 0.3) is 0 Å². The number of hydrogen-bond donors (Lipinski definition) is 2. The van der Waals surface area contributed by atoms with E-state index in [1.807, 2.05) is 6.07 Å². The number of pyridine rings is 1. The minimum atomic E-state index is -3.72. The summed E-state index contributed by atoms with van der Waals surface area (Å²) >= 11 is 0. The number of aromatic nitrogens is 1. The summed E-state index contributed by atoms with van der Waals surface area (Å²) in [4.78, 5) is 3.96. The highest BCUT2D eigenvalue weighted by Gasteiger charge is 2.08. The third-order valence-electron chi connectivity index (χ3n) is 2.40. The molecule has 0 saturated carbocycles. The maximum absolute atomic E-state index is 11.2. The summed E-state index contributed by atoms with van der Waals surface area (Å²) in [5.41, 5.74) is 7.25. The topological polar surface area (TPSA) is 99.1 Å². The second-order valence-electron chi connectivity index (χ2n) is 3.87. The van der Waals surface area contributed by atoms with Crippen LogP contribution in [0.2, 0.25) is 0 Å². The second-order valence-corrected chi connectivity index (χ2v) is 5.40. The van der Waals surface area contributed by atoms with Gasteiger partial charge in [0.15, 0.2) is 0 Å². The molecule has 18 heavy (non-hydrogen) atoms. The summed E-state index contributed by atoms with van der Waals surface area (Å²) < 4.78 is 22.4. The Bertz CT molecular complexity index is 651. The number of rotatable bonds is 3. The first-order chi connectivity index (χ1) is 8.45. The Morgan fingerprint density at radius 2 is 2.00 bits per heavy atom. The lowest BCUT2D eigenvalue weighted by Gasteiger charge is -2.04. The van der Waals surface area contributed by atoms with E-state index in [0.717, 1.165) is 11.1 Å². The minimum absolute atomic E-state index is 0.0107. The number of benzene rings is 1. The molecule has 0 unspecified atom stereocenters. The molecule has 93 valence electrons. The molecule has 0 saturated heterocycles. The van der Waals surface area contributed by atoms with Gasteiger partial charge in [-0.1, -0.05) is 18.2 Å². The van der Waals surface area contributed by atoms with Crippen LogP contribution < -0.4 is 10.9 Å². The summed E-state index contributed by atoms with van der Waals surface area (Å²) in [5.74, 6) is 0.449. The van der Waals surface area contributed by atoms with Crippen molar-refractivity contribution in [2.45, 2.75) is 11.3 Å². The van der Waals surface area contributed by atoms with Crippen molar-refractivity contribution in [3.05, 3.63) is 53.7 Å². The van der Waals surface area contributed by atoms with Gasteiger partial charge < -0.3 is 5.73 Å². The van der Waals surface area contributed by atoms with Gasteiger partial charge in [0, 0.05) is 12.3 Å². The van der Waals surface area contributed by atoms with Gasteiger partial charge in [0.05, 0.1) is 4.90 Å². The smallest absolute Gasteiger partial charge is 0.238 e. The Kier molecular flexibility index (Phi) is 3.31. The first kappa shape index (κ1) is 12.5. The van der Waals surface area contributed by atoms with Crippen LogP contribution in [0, 0.1) is 6.07 Å². The molecular weight excluding hydrogens is 250 g/mol. The molecule has 4 N–H and O–H groups in total. The van der Waals surface area contributed by atoms with Gasteiger partial charge in [-0.25, -0.2) is 18.5 Å². The van der Waals surface area contributed by atoms with Crippen LogP contribution in [0.15, 0.2) is 41.4 Å². The van der Waals surface area contributed by atoms with Crippen LogP contribution in [0.4, 0.5) is 5.82 Å². The van der Waals surface area contributed by atoms with Crippen molar-refractivity contribution >= 4 is 15.8 Å². The molecular formula is C12H12N3O2S. The zero-order valence-electron chi connectivity index (χ0n) is 9.50. The minimum Gasteiger partial charge on any atom is -0.384 e. The SMILES string of the molecule is Nc1ccc(Cc2cc[c]c(S(N)(=O)=O)c2)cn1. The monoisotopic (exact) mass is 262 g/mol. The van der Waals surface area contributed by atoms with Crippen molar-refractivity contribution in [3.8, 4) is 0 Å². The van der Waals surface area contributed by atoms with E-state index in [4.69, 9.17) is 10.9 Å². The average molecular weight is 262 g/mol. The molecule has 5 nitrogen and oxygen atoms in total. The van der Waals surface area contributed by atoms with Crippen molar-refractivity contribution in [1.29, 1.82) is 0 Å². The van der Waals surface area contributed by atoms with Gasteiger partial charge >= 0.3 is 0 Å². The summed E-state index contributed by atoms with van der Waals surface area (Å²) in [6.45, 7) is 0. The van der Waals surface area contributed by atoms with Crippen molar-refractivity contribution in [1.82, 2.24) is 4.98 Å². The number of nitrogens with zero attached hydrogens (tertiary/aromatic N) is 1. The van der Waals surface area contributed by atoms with Crippen LogP contribution in [0.1, 0.15) is 11.1 Å². The summed E-state index contributed by atoms with van der Waals surface area (Å²) in [6, 6.07) is 11.0. The van der Waals surface area contributed by atoms with Gasteiger partial charge in [0.2, 0.25) is 10.0 Å². The number of nitrogens with two attached hydrogens (primary N) is 2. The predicted molar refractivity (Wildman–Crippen MR) is 68.1 cm³/mol. The normalized spacial score (nSPS) is 11.4. The van der Waals surface area contributed by atoms with E-state index in [-0.39, 0.29) is 4.90 Å². The molecule has 0 bridgehead atoms. The van der Waals surface area contributed by atoms with Crippen LogP contribution in [-0.4, -0.2) is 13.4 Å². The molecule has 0 spiro atoms. The molecule has 1 radical (unpaired) electrons. The zero-order chi connectivity index (χ0) is 13.2. The van der Waals surface area contributed by atoms with E-state index in [2.05, 4.69) is 11.1 Å². The van der Waals surface area contributed by atoms with Gasteiger partial charge in [0.25, 0.3) is 0 Å². The Labute approximate surface area is 106 Å². The molecule has 0 aliphatic carbocycles. The average Bonchev–Trinajstić information content (AvgIpc) is 2.31. The first-order valence-electron chi connectivity index (χ1n) is 5.19. The maximum Gasteiger partial charge on any atom is 0.238 e. The lowest BCUT2D eigenvalue weighted by atomic mass is 10.1. The fourth-order valence-electron chi connectivity index (χ4n) is 1.54. The quantitative estimate of drug-likeness (QED) is 0.850. The predicted octanol–water partition coefficient (Wildman–Crippen LogP) is 0.702.